The molecule has 0 aliphatic carbocycles. The fourth-order valence-corrected chi connectivity index (χ4v) is 1.37. The van der Waals surface area contributed by atoms with Crippen molar-refractivity contribution in [2.45, 2.75) is 6.92 Å². The number of aryl methyl sites for hydroxylation is 1. The lowest BCUT2D eigenvalue weighted by molar-refractivity contribution is 0.233. The van der Waals surface area contributed by atoms with Crippen LogP contribution >= 0.6 is 15.9 Å². The summed E-state index contributed by atoms with van der Waals surface area (Å²) in [6.45, 7) is 1.76. The largest absolute Gasteiger partial charge is 0.368 e. The van der Waals surface area contributed by atoms with Gasteiger partial charge in [0.05, 0.1) is 10.2 Å². The summed E-state index contributed by atoms with van der Waals surface area (Å²) in [6.07, 6.45) is 0. The highest BCUT2D eigenvalue weighted by Crippen LogP contribution is 2.25. The Morgan fingerprint density at radius 3 is 2.86 bits per heavy atom. The third-order valence-electron chi connectivity index (χ3n) is 1.59. The topological polar surface area (TPSA) is 70.6 Å². The van der Waals surface area contributed by atoms with Gasteiger partial charge in [-0.3, -0.25) is 5.21 Å². The summed E-state index contributed by atoms with van der Waals surface area (Å²) in [4.78, 5) is 3.75. The van der Waals surface area contributed by atoms with Gasteiger partial charge in [0.25, 0.3) is 0 Å². The van der Waals surface area contributed by atoms with Crippen LogP contribution in [0.3, 0.4) is 0 Å². The van der Waals surface area contributed by atoms with Crippen molar-refractivity contribution in [2.24, 2.45) is 10.7 Å². The molecule has 0 saturated carbocycles. The zero-order chi connectivity index (χ0) is 10.7. The molecule has 0 atom stereocenters. The van der Waals surface area contributed by atoms with E-state index in [4.69, 9.17) is 10.9 Å². The summed E-state index contributed by atoms with van der Waals surface area (Å²) in [5, 5.41) is 8.40. The molecule has 0 heterocycles. The van der Waals surface area contributed by atoms with Crippen LogP contribution < -0.4 is 11.2 Å². The van der Waals surface area contributed by atoms with Crippen molar-refractivity contribution in [3.63, 3.8) is 0 Å². The van der Waals surface area contributed by atoms with Crippen LogP contribution in [0.5, 0.6) is 0 Å². The van der Waals surface area contributed by atoms with Gasteiger partial charge in [-0.2, -0.15) is 0 Å². The summed E-state index contributed by atoms with van der Waals surface area (Å²) in [7, 11) is 0. The summed E-state index contributed by atoms with van der Waals surface area (Å²) >= 11 is 3.04. The van der Waals surface area contributed by atoms with Gasteiger partial charge in [-0.1, -0.05) is 0 Å². The Balaban J connectivity index is 3.16. The SMILES string of the molecule is Cc1cc(Br)c(F)cc1N=C(N)NO. The second-order valence-electron chi connectivity index (χ2n) is 2.66. The van der Waals surface area contributed by atoms with Crippen LogP contribution in [-0.2, 0) is 0 Å². The van der Waals surface area contributed by atoms with E-state index in [1.54, 1.807) is 18.5 Å². The Kier molecular flexibility index (Phi) is 3.43. The first-order valence-electron chi connectivity index (χ1n) is 3.74. The van der Waals surface area contributed by atoms with Crippen molar-refractivity contribution >= 4 is 27.6 Å². The molecule has 0 spiro atoms. The minimum Gasteiger partial charge on any atom is -0.368 e. The fourth-order valence-electron chi connectivity index (χ4n) is 0.911. The van der Waals surface area contributed by atoms with Crippen LogP contribution in [0.15, 0.2) is 21.6 Å². The highest BCUT2D eigenvalue weighted by Gasteiger charge is 2.04. The summed E-state index contributed by atoms with van der Waals surface area (Å²) in [5.74, 6) is -0.616. The van der Waals surface area contributed by atoms with E-state index < -0.39 is 5.82 Å². The highest BCUT2D eigenvalue weighted by molar-refractivity contribution is 9.10. The Labute approximate surface area is 88.7 Å². The van der Waals surface area contributed by atoms with Gasteiger partial charge in [0.2, 0.25) is 5.96 Å². The number of rotatable bonds is 1. The molecule has 0 aliphatic rings. The predicted molar refractivity (Wildman–Crippen MR) is 55.0 cm³/mol. The van der Waals surface area contributed by atoms with E-state index >= 15 is 0 Å². The van der Waals surface area contributed by atoms with Crippen molar-refractivity contribution < 1.29 is 9.60 Å². The van der Waals surface area contributed by atoms with Crippen molar-refractivity contribution in [1.82, 2.24) is 5.48 Å². The van der Waals surface area contributed by atoms with E-state index in [9.17, 15) is 4.39 Å². The highest BCUT2D eigenvalue weighted by atomic mass is 79.9. The lowest BCUT2D eigenvalue weighted by Crippen LogP contribution is -2.27. The average molecular weight is 262 g/mol. The molecule has 14 heavy (non-hydrogen) atoms. The van der Waals surface area contributed by atoms with Crippen molar-refractivity contribution in [2.75, 3.05) is 0 Å². The molecule has 0 amide bonds. The number of hydroxylamine groups is 1. The van der Waals surface area contributed by atoms with Crippen LogP contribution in [0.4, 0.5) is 10.1 Å². The predicted octanol–water partition coefficient (Wildman–Crippen LogP) is 1.82. The van der Waals surface area contributed by atoms with Crippen LogP contribution in [-0.4, -0.2) is 11.2 Å². The molecule has 0 fully saturated rings. The molecule has 0 aliphatic heterocycles. The maximum absolute atomic E-state index is 13.1. The molecule has 1 rings (SSSR count). The zero-order valence-electron chi connectivity index (χ0n) is 7.38. The number of nitrogens with zero attached hydrogens (tertiary/aromatic N) is 1. The standard InChI is InChI=1S/C8H9BrFN3O/c1-4-2-5(9)6(10)3-7(4)12-8(11)13-14/h2-3,14H,1H3,(H3,11,12,13). The molecule has 4 N–H and O–H groups in total. The first kappa shape index (κ1) is 10.9. The van der Waals surface area contributed by atoms with Gasteiger partial charge >= 0.3 is 0 Å². The lowest BCUT2D eigenvalue weighted by Gasteiger charge is -2.03. The van der Waals surface area contributed by atoms with E-state index in [-0.39, 0.29) is 5.96 Å². The van der Waals surface area contributed by atoms with Crippen molar-refractivity contribution in [3.05, 3.63) is 28.0 Å². The first-order valence-corrected chi connectivity index (χ1v) is 4.54. The second kappa shape index (κ2) is 4.39. The Morgan fingerprint density at radius 2 is 2.29 bits per heavy atom. The van der Waals surface area contributed by atoms with E-state index in [0.29, 0.717) is 10.2 Å². The third kappa shape index (κ3) is 2.43. The smallest absolute Gasteiger partial charge is 0.218 e. The van der Waals surface area contributed by atoms with Crippen molar-refractivity contribution in [3.8, 4) is 0 Å². The minimum atomic E-state index is -0.430. The van der Waals surface area contributed by atoms with Crippen LogP contribution in [0.2, 0.25) is 0 Å². The number of guanidine groups is 1. The minimum absolute atomic E-state index is 0.185. The molecule has 0 radical (unpaired) electrons. The quantitative estimate of drug-likeness (QED) is 0.410. The maximum atomic E-state index is 13.1. The Bertz CT molecular complexity index is 381. The number of aliphatic imine (C=N–C) groups is 1. The fraction of sp³-hybridized carbons (Fsp3) is 0.125. The molecule has 6 heteroatoms. The van der Waals surface area contributed by atoms with Crippen LogP contribution in [0.1, 0.15) is 5.56 Å². The van der Waals surface area contributed by atoms with Gasteiger partial charge < -0.3 is 5.73 Å². The number of benzene rings is 1. The molecule has 1 aromatic carbocycles. The molecular weight excluding hydrogens is 253 g/mol. The summed E-state index contributed by atoms with van der Waals surface area (Å²) in [5.41, 5.74) is 8.00. The van der Waals surface area contributed by atoms with Crippen molar-refractivity contribution in [1.29, 1.82) is 0 Å². The van der Waals surface area contributed by atoms with Gasteiger partial charge in [0.1, 0.15) is 5.82 Å². The molecule has 1 aromatic rings. The van der Waals surface area contributed by atoms with Crippen LogP contribution in [0, 0.1) is 12.7 Å². The molecule has 0 saturated heterocycles. The molecule has 76 valence electrons. The molecule has 0 bridgehead atoms. The average Bonchev–Trinajstić information content (AvgIpc) is 2.14. The molecule has 0 unspecified atom stereocenters. The summed E-state index contributed by atoms with van der Waals surface area (Å²) in [6, 6.07) is 2.81. The van der Waals surface area contributed by atoms with Gasteiger partial charge in [0.15, 0.2) is 0 Å². The van der Waals surface area contributed by atoms with E-state index in [2.05, 4.69) is 20.9 Å². The monoisotopic (exact) mass is 261 g/mol. The third-order valence-corrected chi connectivity index (χ3v) is 2.20. The second-order valence-corrected chi connectivity index (χ2v) is 3.52. The van der Waals surface area contributed by atoms with Gasteiger partial charge in [-0.05, 0) is 34.5 Å². The normalized spacial score (nSPS) is 11.6. The Morgan fingerprint density at radius 1 is 1.64 bits per heavy atom. The molecular formula is C8H9BrFN3O. The number of nitrogens with one attached hydrogen (secondary N) is 1. The van der Waals surface area contributed by atoms with Crippen LogP contribution in [0.25, 0.3) is 0 Å². The molecule has 0 aromatic heterocycles. The summed E-state index contributed by atoms with van der Waals surface area (Å²) < 4.78 is 13.4. The van der Waals surface area contributed by atoms with E-state index in [1.807, 2.05) is 0 Å². The maximum Gasteiger partial charge on any atom is 0.218 e. The van der Waals surface area contributed by atoms with Gasteiger partial charge in [-0.25, -0.2) is 14.9 Å². The number of hydrogen-bond donors (Lipinski definition) is 3. The zero-order valence-corrected chi connectivity index (χ0v) is 8.97. The Hall–Kier alpha value is -1.14. The number of nitrogens with two attached hydrogens (primary N) is 1. The van der Waals surface area contributed by atoms with Gasteiger partial charge in [0, 0.05) is 6.07 Å². The van der Waals surface area contributed by atoms with E-state index in [0.717, 1.165) is 5.56 Å². The first-order chi connectivity index (χ1) is 6.54. The number of halogens is 2. The van der Waals surface area contributed by atoms with E-state index in [1.165, 1.54) is 6.07 Å². The van der Waals surface area contributed by atoms with Gasteiger partial charge in [-0.15, -0.1) is 0 Å². The number of hydrogen-bond acceptors (Lipinski definition) is 2. The molecule has 4 nitrogen and oxygen atoms in total. The lowest BCUT2D eigenvalue weighted by atomic mass is 10.2.